The van der Waals surface area contributed by atoms with E-state index in [-0.39, 0.29) is 22.2 Å². The van der Waals surface area contributed by atoms with Crippen molar-refractivity contribution in [3.05, 3.63) is 30.1 Å². The highest BCUT2D eigenvalue weighted by atomic mass is 19.1. The molecular weight excluding hydrogens is 251 g/mol. The number of rotatable bonds is 3. The molecule has 0 aliphatic heterocycles. The predicted molar refractivity (Wildman–Crippen MR) is 83.2 cm³/mol. The van der Waals surface area contributed by atoms with E-state index in [1.54, 1.807) is 12.1 Å². The predicted octanol–water partition coefficient (Wildman–Crippen LogP) is 4.17. The van der Waals surface area contributed by atoms with E-state index in [9.17, 15) is 4.39 Å². The van der Waals surface area contributed by atoms with Crippen LogP contribution in [0.5, 0.6) is 0 Å². The van der Waals surface area contributed by atoms with Gasteiger partial charge in [-0.1, -0.05) is 27.7 Å². The minimum Gasteiger partial charge on any atom is -0.378 e. The van der Waals surface area contributed by atoms with Gasteiger partial charge < -0.3 is 11.1 Å². The summed E-state index contributed by atoms with van der Waals surface area (Å²) in [6, 6.07) is 6.57. The van der Waals surface area contributed by atoms with Crippen molar-refractivity contribution in [2.24, 2.45) is 16.6 Å². The number of anilines is 1. The van der Waals surface area contributed by atoms with Crippen LogP contribution in [0.15, 0.2) is 24.3 Å². The van der Waals surface area contributed by atoms with Crippen LogP contribution in [0.25, 0.3) is 0 Å². The van der Waals surface area contributed by atoms with E-state index in [0.717, 1.165) is 18.5 Å². The van der Waals surface area contributed by atoms with Gasteiger partial charge in [-0.3, -0.25) is 0 Å². The number of nitrogens with two attached hydrogens (primary N) is 1. The van der Waals surface area contributed by atoms with Crippen LogP contribution in [0.2, 0.25) is 0 Å². The highest BCUT2D eigenvalue weighted by molar-refractivity contribution is 5.46. The van der Waals surface area contributed by atoms with E-state index in [1.807, 2.05) is 0 Å². The molecule has 1 saturated carbocycles. The monoisotopic (exact) mass is 278 g/mol. The number of nitrogens with one attached hydrogen (secondary N) is 1. The Bertz CT molecular complexity index is 446. The molecule has 2 nitrogen and oxygen atoms in total. The molecule has 0 bridgehead atoms. The third-order valence-corrected chi connectivity index (χ3v) is 4.24. The fraction of sp³-hybridized carbons (Fsp3) is 0.647. The molecule has 1 aromatic carbocycles. The first-order valence-electron chi connectivity index (χ1n) is 7.39. The largest absolute Gasteiger partial charge is 0.378 e. The second kappa shape index (κ2) is 5.03. The number of benzene rings is 1. The quantitative estimate of drug-likeness (QED) is 0.870. The zero-order valence-corrected chi connectivity index (χ0v) is 13.1. The van der Waals surface area contributed by atoms with Crippen LogP contribution in [0.3, 0.4) is 0 Å². The highest BCUT2D eigenvalue weighted by Gasteiger charge is 2.46. The Morgan fingerprint density at radius 2 is 1.50 bits per heavy atom. The van der Waals surface area contributed by atoms with Gasteiger partial charge in [0.15, 0.2) is 0 Å². The Morgan fingerprint density at radius 1 is 1.00 bits per heavy atom. The summed E-state index contributed by atoms with van der Waals surface area (Å²) < 4.78 is 13.0. The van der Waals surface area contributed by atoms with Crippen molar-refractivity contribution in [1.82, 2.24) is 0 Å². The smallest absolute Gasteiger partial charge is 0.123 e. The van der Waals surface area contributed by atoms with Gasteiger partial charge in [0.1, 0.15) is 5.82 Å². The zero-order valence-electron chi connectivity index (χ0n) is 13.1. The Kier molecular flexibility index (Phi) is 3.85. The summed E-state index contributed by atoms with van der Waals surface area (Å²) in [5.74, 6) is -0.207. The molecule has 0 amide bonds. The third-order valence-electron chi connectivity index (χ3n) is 4.24. The average Bonchev–Trinajstić information content (AvgIpc) is 2.28. The maximum absolute atomic E-state index is 13.0. The molecule has 1 aliphatic rings. The van der Waals surface area contributed by atoms with E-state index >= 15 is 0 Å². The third kappa shape index (κ3) is 3.51. The summed E-state index contributed by atoms with van der Waals surface area (Å²) in [5.41, 5.74) is 7.48. The van der Waals surface area contributed by atoms with Crippen molar-refractivity contribution in [2.45, 2.75) is 52.5 Å². The average molecular weight is 278 g/mol. The molecule has 0 saturated heterocycles. The first kappa shape index (κ1) is 15.3. The molecule has 112 valence electrons. The molecule has 2 rings (SSSR count). The number of hydrogen-bond acceptors (Lipinski definition) is 2. The highest BCUT2D eigenvalue weighted by Crippen LogP contribution is 2.50. The maximum Gasteiger partial charge on any atom is 0.123 e. The SMILES string of the molecule is CC1(C)CC(C)(C)CC(CN)(Nc2ccc(F)cc2)C1. The standard InChI is InChI=1S/C17H27FN2/c1-15(2)9-16(3,4)11-17(10-15,12-19)20-14-7-5-13(18)6-8-14/h5-8,20H,9-12,19H2,1-4H3. The van der Waals surface area contributed by atoms with Crippen molar-refractivity contribution in [1.29, 1.82) is 0 Å². The molecule has 0 aromatic heterocycles. The molecular formula is C17H27FN2. The van der Waals surface area contributed by atoms with E-state index in [4.69, 9.17) is 5.73 Å². The number of hydrogen-bond donors (Lipinski definition) is 2. The summed E-state index contributed by atoms with van der Waals surface area (Å²) in [6.45, 7) is 9.84. The topological polar surface area (TPSA) is 38.0 Å². The molecule has 0 radical (unpaired) electrons. The van der Waals surface area contributed by atoms with Crippen molar-refractivity contribution >= 4 is 5.69 Å². The second-order valence-electron chi connectivity index (χ2n) is 7.98. The van der Waals surface area contributed by atoms with Crippen LogP contribution in [-0.2, 0) is 0 Å². The molecule has 3 heteroatoms. The van der Waals surface area contributed by atoms with E-state index in [1.165, 1.54) is 18.6 Å². The fourth-order valence-corrected chi connectivity index (χ4v) is 4.44. The summed E-state index contributed by atoms with van der Waals surface area (Å²) in [5, 5.41) is 3.59. The molecule has 1 fully saturated rings. The van der Waals surface area contributed by atoms with Crippen molar-refractivity contribution < 1.29 is 4.39 Å². The van der Waals surface area contributed by atoms with Gasteiger partial charge in [0, 0.05) is 12.2 Å². The van der Waals surface area contributed by atoms with Gasteiger partial charge in [-0.05, 0) is 54.4 Å². The summed E-state index contributed by atoms with van der Waals surface area (Å²) in [7, 11) is 0. The lowest BCUT2D eigenvalue weighted by Gasteiger charge is -2.52. The molecule has 20 heavy (non-hydrogen) atoms. The van der Waals surface area contributed by atoms with E-state index in [0.29, 0.717) is 6.54 Å². The molecule has 3 N–H and O–H groups in total. The van der Waals surface area contributed by atoms with Crippen LogP contribution < -0.4 is 11.1 Å². The Balaban J connectivity index is 2.26. The Hall–Kier alpha value is -1.09. The molecule has 0 spiro atoms. The molecule has 1 aromatic rings. The van der Waals surface area contributed by atoms with E-state index in [2.05, 4.69) is 33.0 Å². The van der Waals surface area contributed by atoms with Gasteiger partial charge >= 0.3 is 0 Å². The molecule has 0 unspecified atom stereocenters. The van der Waals surface area contributed by atoms with Crippen molar-refractivity contribution in [2.75, 3.05) is 11.9 Å². The van der Waals surface area contributed by atoms with Gasteiger partial charge in [-0.25, -0.2) is 4.39 Å². The molecule has 0 heterocycles. The van der Waals surface area contributed by atoms with Gasteiger partial charge in [0.05, 0.1) is 5.54 Å². The zero-order chi connectivity index (χ0) is 15.0. The van der Waals surface area contributed by atoms with Gasteiger partial charge in [-0.2, -0.15) is 0 Å². The number of halogens is 1. The summed E-state index contributed by atoms with van der Waals surface area (Å²) in [6.07, 6.45) is 3.28. The minimum atomic E-state index is -0.207. The van der Waals surface area contributed by atoms with Gasteiger partial charge in [0.2, 0.25) is 0 Å². The van der Waals surface area contributed by atoms with Crippen molar-refractivity contribution in [3.8, 4) is 0 Å². The second-order valence-corrected chi connectivity index (χ2v) is 7.98. The van der Waals surface area contributed by atoms with Crippen LogP contribution in [0, 0.1) is 16.6 Å². The van der Waals surface area contributed by atoms with Crippen LogP contribution in [-0.4, -0.2) is 12.1 Å². The Labute approximate surface area is 121 Å². The maximum atomic E-state index is 13.0. The summed E-state index contributed by atoms with van der Waals surface area (Å²) >= 11 is 0. The first-order valence-corrected chi connectivity index (χ1v) is 7.39. The van der Waals surface area contributed by atoms with Crippen LogP contribution in [0.4, 0.5) is 10.1 Å². The first-order chi connectivity index (χ1) is 9.15. The summed E-state index contributed by atoms with van der Waals surface area (Å²) in [4.78, 5) is 0. The minimum absolute atomic E-state index is 0.108. The fourth-order valence-electron chi connectivity index (χ4n) is 4.44. The normalized spacial score (nSPS) is 23.3. The van der Waals surface area contributed by atoms with Crippen molar-refractivity contribution in [3.63, 3.8) is 0 Å². The molecule has 1 aliphatic carbocycles. The van der Waals surface area contributed by atoms with Gasteiger partial charge in [0.25, 0.3) is 0 Å². The molecule has 0 atom stereocenters. The van der Waals surface area contributed by atoms with Crippen LogP contribution >= 0.6 is 0 Å². The van der Waals surface area contributed by atoms with E-state index < -0.39 is 0 Å². The lowest BCUT2D eigenvalue weighted by molar-refractivity contribution is 0.0623. The lowest BCUT2D eigenvalue weighted by Crippen LogP contribution is -2.55. The Morgan fingerprint density at radius 3 is 1.95 bits per heavy atom. The van der Waals surface area contributed by atoms with Gasteiger partial charge in [-0.15, -0.1) is 0 Å². The lowest BCUT2D eigenvalue weighted by atomic mass is 9.58. The van der Waals surface area contributed by atoms with Crippen LogP contribution in [0.1, 0.15) is 47.0 Å².